The van der Waals surface area contributed by atoms with Crippen molar-refractivity contribution < 1.29 is 39.9 Å². The minimum atomic E-state index is -2.27. The molecular weight excluding hydrogens is 370 g/mol. The van der Waals surface area contributed by atoms with E-state index in [1.54, 1.807) is 7.11 Å². The van der Waals surface area contributed by atoms with Crippen molar-refractivity contribution >= 4 is 11.9 Å². The van der Waals surface area contributed by atoms with Crippen LogP contribution in [-0.2, 0) is 15.2 Å². The third-order valence-electron chi connectivity index (χ3n) is 4.37. The van der Waals surface area contributed by atoms with Gasteiger partial charge in [0.25, 0.3) is 0 Å². The van der Waals surface area contributed by atoms with E-state index in [4.69, 9.17) is 25.2 Å². The number of ether oxygens (including phenoxy) is 1. The van der Waals surface area contributed by atoms with E-state index in [-0.39, 0.29) is 5.92 Å². The third kappa shape index (κ3) is 7.43. The van der Waals surface area contributed by atoms with Crippen molar-refractivity contribution in [2.75, 3.05) is 27.7 Å². The van der Waals surface area contributed by atoms with Crippen LogP contribution in [0.2, 0.25) is 0 Å². The molecule has 28 heavy (non-hydrogen) atoms. The van der Waals surface area contributed by atoms with Crippen LogP contribution in [0.5, 0.6) is 5.75 Å². The number of aliphatic carboxylic acids is 2. The van der Waals surface area contributed by atoms with E-state index in [2.05, 4.69) is 11.8 Å². The van der Waals surface area contributed by atoms with E-state index >= 15 is 0 Å². The van der Waals surface area contributed by atoms with Crippen molar-refractivity contribution in [1.29, 1.82) is 0 Å². The number of nitrogens with zero attached hydrogens (tertiary/aromatic N) is 1. The Morgan fingerprint density at radius 2 is 1.64 bits per heavy atom. The molecule has 0 aliphatic heterocycles. The summed E-state index contributed by atoms with van der Waals surface area (Å²) in [6, 6.07) is 7.72. The van der Waals surface area contributed by atoms with Crippen LogP contribution in [0.3, 0.4) is 0 Å². The highest BCUT2D eigenvalue weighted by Gasteiger charge is 2.34. The number of rotatable bonds is 9. The van der Waals surface area contributed by atoms with Crippen LogP contribution < -0.4 is 4.74 Å². The molecule has 1 rings (SSSR count). The Kier molecular flexibility index (Phi) is 10.7. The average molecular weight is 401 g/mol. The maximum Gasteiger partial charge on any atom is 0.335 e. The maximum atomic E-state index is 10.9. The number of hydrogen-bond acceptors (Lipinski definition) is 7. The molecule has 1 aromatic rings. The van der Waals surface area contributed by atoms with E-state index in [1.165, 1.54) is 0 Å². The van der Waals surface area contributed by atoms with Crippen LogP contribution in [-0.4, -0.2) is 82.3 Å². The number of methoxy groups -OCH3 is 1. The van der Waals surface area contributed by atoms with E-state index in [0.717, 1.165) is 17.9 Å². The Morgan fingerprint density at radius 3 is 2.00 bits per heavy atom. The summed E-state index contributed by atoms with van der Waals surface area (Å²) in [4.78, 5) is 21.6. The fourth-order valence-corrected chi connectivity index (χ4v) is 2.70. The molecule has 0 amide bonds. The Bertz CT molecular complexity index is 618. The summed E-state index contributed by atoms with van der Waals surface area (Å²) < 4.78 is 5.23. The van der Waals surface area contributed by atoms with Crippen molar-refractivity contribution in [2.45, 2.75) is 38.1 Å². The van der Waals surface area contributed by atoms with Crippen LogP contribution in [0.15, 0.2) is 24.3 Å². The van der Waals surface area contributed by atoms with Gasteiger partial charge in [0.15, 0.2) is 12.2 Å². The number of carboxylic acids is 2. The van der Waals surface area contributed by atoms with E-state index in [9.17, 15) is 14.7 Å². The number of aliphatic hydroxyl groups excluding tert-OH is 2. The van der Waals surface area contributed by atoms with Gasteiger partial charge in [-0.25, -0.2) is 9.59 Å². The molecule has 9 nitrogen and oxygen atoms in total. The first-order valence-corrected chi connectivity index (χ1v) is 8.74. The number of carbonyl (C=O) groups is 2. The quantitative estimate of drug-likeness (QED) is 0.396. The zero-order valence-electron chi connectivity index (χ0n) is 16.9. The number of hydrogen-bond donors (Lipinski definition) is 5. The summed E-state index contributed by atoms with van der Waals surface area (Å²) in [5, 5.41) is 43.5. The normalized spacial score (nSPS) is 16.2. The molecular formula is C19H31NO8. The van der Waals surface area contributed by atoms with Gasteiger partial charge in [-0.1, -0.05) is 26.0 Å². The smallest absolute Gasteiger partial charge is 0.335 e. The SMILES string of the molecule is CC[C@@](O)(c1cccc(OC)c1)[C@H](C)CN(C)C.O=C(O)[C@H](O)[C@@H](O)C(=O)O. The summed E-state index contributed by atoms with van der Waals surface area (Å²) in [6.45, 7) is 4.95. The predicted octanol–water partition coefficient (Wildman–Crippen LogP) is 0.368. The fraction of sp³-hybridized carbons (Fsp3) is 0.579. The standard InChI is InChI=1S/C15H25NO2.C4H6O6/c1-6-15(17,12(2)11-16(3)4)13-8-7-9-14(10-13)18-5;5-1(3(7)8)2(6)4(9)10/h7-10,12,17H,6,11H2,1-5H3;1-2,5-6H,(H,7,8)(H,9,10)/t12-,15+;1-,2-/m11/s1. The highest BCUT2D eigenvalue weighted by atomic mass is 16.5. The lowest BCUT2D eigenvalue weighted by atomic mass is 9.80. The molecule has 5 N–H and O–H groups in total. The molecule has 0 aliphatic rings. The van der Waals surface area contributed by atoms with Crippen molar-refractivity contribution in [1.82, 2.24) is 4.90 Å². The van der Waals surface area contributed by atoms with Crippen molar-refractivity contribution in [3.05, 3.63) is 29.8 Å². The zero-order chi connectivity index (χ0) is 22.1. The van der Waals surface area contributed by atoms with E-state index in [0.29, 0.717) is 6.42 Å². The van der Waals surface area contributed by atoms with Gasteiger partial charge in [0.05, 0.1) is 12.7 Å². The summed E-state index contributed by atoms with van der Waals surface area (Å²) in [5.41, 5.74) is 0.123. The summed E-state index contributed by atoms with van der Waals surface area (Å²) in [6.07, 6.45) is -3.84. The second kappa shape index (κ2) is 11.6. The van der Waals surface area contributed by atoms with Crippen molar-refractivity contribution in [3.8, 4) is 5.75 Å². The largest absolute Gasteiger partial charge is 0.497 e. The zero-order valence-corrected chi connectivity index (χ0v) is 16.9. The monoisotopic (exact) mass is 401 g/mol. The fourth-order valence-electron chi connectivity index (χ4n) is 2.70. The van der Waals surface area contributed by atoms with Crippen LogP contribution in [0.1, 0.15) is 25.8 Å². The maximum absolute atomic E-state index is 10.9. The van der Waals surface area contributed by atoms with Gasteiger partial charge in [-0.05, 0) is 38.2 Å². The minimum absolute atomic E-state index is 0.157. The van der Waals surface area contributed by atoms with Crippen molar-refractivity contribution in [2.24, 2.45) is 5.92 Å². The van der Waals surface area contributed by atoms with Gasteiger partial charge in [0.1, 0.15) is 5.75 Å². The molecule has 1 aromatic carbocycles. The van der Waals surface area contributed by atoms with Gasteiger partial charge in [0, 0.05) is 12.5 Å². The highest BCUT2D eigenvalue weighted by molar-refractivity contribution is 5.83. The number of carboxylic acid groups (broad SMARTS) is 2. The third-order valence-corrected chi connectivity index (χ3v) is 4.37. The molecule has 0 spiro atoms. The second-order valence-corrected chi connectivity index (χ2v) is 6.74. The highest BCUT2D eigenvalue weighted by Crippen LogP contribution is 2.34. The molecule has 0 aromatic heterocycles. The van der Waals surface area contributed by atoms with Gasteiger partial charge in [0.2, 0.25) is 0 Å². The van der Waals surface area contributed by atoms with E-state index < -0.39 is 29.7 Å². The number of benzene rings is 1. The number of aliphatic hydroxyl groups is 3. The molecule has 0 aliphatic carbocycles. The van der Waals surface area contributed by atoms with Gasteiger partial charge in [-0.15, -0.1) is 0 Å². The first-order valence-electron chi connectivity index (χ1n) is 8.74. The molecule has 0 unspecified atom stereocenters. The Morgan fingerprint density at radius 1 is 1.14 bits per heavy atom. The lowest BCUT2D eigenvalue weighted by Gasteiger charge is -2.35. The van der Waals surface area contributed by atoms with E-state index in [1.807, 2.05) is 45.3 Å². The average Bonchev–Trinajstić information content (AvgIpc) is 2.65. The Hall–Kier alpha value is -2.20. The first-order chi connectivity index (χ1) is 12.9. The van der Waals surface area contributed by atoms with Gasteiger partial charge >= 0.3 is 11.9 Å². The molecule has 0 fully saturated rings. The van der Waals surface area contributed by atoms with Gasteiger partial charge in [-0.3, -0.25) is 0 Å². The Labute approximate surface area is 164 Å². The molecule has 0 radical (unpaired) electrons. The first kappa shape index (κ1) is 25.8. The molecule has 4 atom stereocenters. The van der Waals surface area contributed by atoms with Gasteiger partial charge in [-0.2, -0.15) is 0 Å². The molecule has 9 heteroatoms. The summed E-state index contributed by atoms with van der Waals surface area (Å²) >= 11 is 0. The second-order valence-electron chi connectivity index (χ2n) is 6.74. The van der Waals surface area contributed by atoms with Crippen LogP contribution in [0, 0.1) is 5.92 Å². The minimum Gasteiger partial charge on any atom is -0.497 e. The lowest BCUT2D eigenvalue weighted by molar-refractivity contribution is -0.165. The van der Waals surface area contributed by atoms with Crippen LogP contribution in [0.25, 0.3) is 0 Å². The predicted molar refractivity (Wildman–Crippen MR) is 102 cm³/mol. The summed E-state index contributed by atoms with van der Waals surface area (Å²) in [7, 11) is 5.70. The topological polar surface area (TPSA) is 148 Å². The summed E-state index contributed by atoms with van der Waals surface area (Å²) in [5.74, 6) is -2.59. The molecule has 0 bridgehead atoms. The lowest BCUT2D eigenvalue weighted by Crippen LogP contribution is -2.39. The van der Waals surface area contributed by atoms with Gasteiger partial charge < -0.3 is 35.2 Å². The molecule has 160 valence electrons. The Balaban J connectivity index is 0.000000621. The van der Waals surface area contributed by atoms with Crippen LogP contribution >= 0.6 is 0 Å². The van der Waals surface area contributed by atoms with Crippen molar-refractivity contribution in [3.63, 3.8) is 0 Å². The van der Waals surface area contributed by atoms with Crippen LogP contribution in [0.4, 0.5) is 0 Å². The molecule has 0 saturated carbocycles. The molecule has 0 heterocycles. The molecule has 0 saturated heterocycles.